The molecule has 0 radical (unpaired) electrons. The fraction of sp³-hybridized carbons (Fsp3) is 0.538. The van der Waals surface area contributed by atoms with Gasteiger partial charge in [0.25, 0.3) is 0 Å². The largest absolute Gasteiger partial charge is 0.372 e. The quantitative estimate of drug-likeness (QED) is 0.775. The summed E-state index contributed by atoms with van der Waals surface area (Å²) in [4.78, 5) is 2.40. The van der Waals surface area contributed by atoms with Crippen molar-refractivity contribution in [3.8, 4) is 0 Å². The third-order valence-corrected chi connectivity index (χ3v) is 2.80. The molecule has 0 fully saturated rings. The summed E-state index contributed by atoms with van der Waals surface area (Å²) in [6, 6.07) is 10.6. The third-order valence-electron chi connectivity index (χ3n) is 2.80. The summed E-state index contributed by atoms with van der Waals surface area (Å²) < 4.78 is 0. The van der Waals surface area contributed by atoms with E-state index in [9.17, 15) is 0 Å². The van der Waals surface area contributed by atoms with Gasteiger partial charge in [0.15, 0.2) is 0 Å². The minimum absolute atomic E-state index is 0.614. The summed E-state index contributed by atoms with van der Waals surface area (Å²) in [6.07, 6.45) is 1.17. The van der Waals surface area contributed by atoms with Gasteiger partial charge in [-0.05, 0) is 37.9 Å². The van der Waals surface area contributed by atoms with Gasteiger partial charge in [0.05, 0.1) is 0 Å². The number of hydrogen-bond donors (Lipinski definition) is 1. The summed E-state index contributed by atoms with van der Waals surface area (Å²) in [5, 5.41) is 0. The molecular formula is C13H22N2. The lowest BCUT2D eigenvalue weighted by Crippen LogP contribution is -2.26. The van der Waals surface area contributed by atoms with Crippen LogP contribution in [0.25, 0.3) is 0 Å². The molecule has 2 heteroatoms. The van der Waals surface area contributed by atoms with Crippen LogP contribution in [0.2, 0.25) is 0 Å². The molecule has 2 nitrogen and oxygen atoms in total. The Morgan fingerprint density at radius 1 is 1.27 bits per heavy atom. The molecule has 0 aliphatic carbocycles. The van der Waals surface area contributed by atoms with E-state index in [0.29, 0.717) is 5.92 Å². The Balaban J connectivity index is 2.50. The van der Waals surface area contributed by atoms with Crippen molar-refractivity contribution in [3.05, 3.63) is 30.3 Å². The molecule has 0 aliphatic heterocycles. The molecule has 0 bridgehead atoms. The van der Waals surface area contributed by atoms with Crippen LogP contribution in [0, 0.1) is 5.92 Å². The van der Waals surface area contributed by atoms with Gasteiger partial charge in [0.1, 0.15) is 0 Å². The zero-order chi connectivity index (χ0) is 11.1. The van der Waals surface area contributed by atoms with Gasteiger partial charge < -0.3 is 10.6 Å². The molecule has 1 aromatic carbocycles. The number of benzene rings is 1. The second-order valence-corrected chi connectivity index (χ2v) is 4.04. The summed E-state index contributed by atoms with van der Waals surface area (Å²) in [6.45, 7) is 7.34. The molecule has 0 saturated carbocycles. The monoisotopic (exact) mass is 206 g/mol. The fourth-order valence-electron chi connectivity index (χ4n) is 1.60. The molecule has 0 aliphatic rings. The molecule has 84 valence electrons. The Labute approximate surface area is 93.1 Å². The van der Waals surface area contributed by atoms with Crippen LogP contribution in [-0.4, -0.2) is 19.6 Å². The highest BCUT2D eigenvalue weighted by molar-refractivity contribution is 5.45. The first-order chi connectivity index (χ1) is 7.27. The molecule has 15 heavy (non-hydrogen) atoms. The number of rotatable bonds is 6. The third kappa shape index (κ3) is 3.92. The van der Waals surface area contributed by atoms with Crippen molar-refractivity contribution >= 4 is 5.69 Å². The van der Waals surface area contributed by atoms with Crippen molar-refractivity contribution < 1.29 is 0 Å². The number of para-hydroxylation sites is 1. The molecule has 0 aromatic heterocycles. The number of nitrogens with two attached hydrogens (primary N) is 1. The second-order valence-electron chi connectivity index (χ2n) is 4.04. The van der Waals surface area contributed by atoms with E-state index in [1.165, 1.54) is 12.1 Å². The highest BCUT2D eigenvalue weighted by Crippen LogP contribution is 2.14. The van der Waals surface area contributed by atoms with Crippen molar-refractivity contribution in [2.24, 2.45) is 11.7 Å². The van der Waals surface area contributed by atoms with Crippen molar-refractivity contribution in [2.45, 2.75) is 20.3 Å². The van der Waals surface area contributed by atoms with Gasteiger partial charge in [-0.25, -0.2) is 0 Å². The molecule has 2 N–H and O–H groups in total. The molecule has 1 aromatic rings. The summed E-state index contributed by atoms with van der Waals surface area (Å²) in [5.41, 5.74) is 6.93. The Bertz CT molecular complexity index is 258. The summed E-state index contributed by atoms with van der Waals surface area (Å²) in [7, 11) is 0. The van der Waals surface area contributed by atoms with Gasteiger partial charge in [0.2, 0.25) is 0 Å². The zero-order valence-electron chi connectivity index (χ0n) is 9.82. The van der Waals surface area contributed by atoms with Crippen molar-refractivity contribution in [1.29, 1.82) is 0 Å². The summed E-state index contributed by atoms with van der Waals surface area (Å²) in [5.74, 6) is 0.614. The average molecular weight is 206 g/mol. The molecule has 0 spiro atoms. The van der Waals surface area contributed by atoms with Crippen LogP contribution < -0.4 is 10.6 Å². The lowest BCUT2D eigenvalue weighted by Gasteiger charge is -2.24. The molecule has 0 heterocycles. The number of anilines is 1. The smallest absolute Gasteiger partial charge is 0.0366 e. The minimum atomic E-state index is 0.614. The highest BCUT2D eigenvalue weighted by atomic mass is 15.1. The van der Waals surface area contributed by atoms with Crippen LogP contribution in [0.15, 0.2) is 30.3 Å². The highest BCUT2D eigenvalue weighted by Gasteiger charge is 2.05. The maximum absolute atomic E-state index is 5.62. The first-order valence-electron chi connectivity index (χ1n) is 5.78. The van der Waals surface area contributed by atoms with Gasteiger partial charge in [-0.3, -0.25) is 0 Å². The average Bonchev–Trinajstić information content (AvgIpc) is 2.31. The van der Waals surface area contributed by atoms with Gasteiger partial charge in [-0.15, -0.1) is 0 Å². The van der Waals surface area contributed by atoms with Gasteiger partial charge in [-0.2, -0.15) is 0 Å². The van der Waals surface area contributed by atoms with Gasteiger partial charge in [-0.1, -0.05) is 25.1 Å². The predicted molar refractivity (Wildman–Crippen MR) is 67.2 cm³/mol. The minimum Gasteiger partial charge on any atom is -0.372 e. The van der Waals surface area contributed by atoms with Gasteiger partial charge >= 0.3 is 0 Å². The van der Waals surface area contributed by atoms with E-state index >= 15 is 0 Å². The van der Waals surface area contributed by atoms with E-state index in [-0.39, 0.29) is 0 Å². The maximum atomic E-state index is 5.62. The molecule has 1 atom stereocenters. The Morgan fingerprint density at radius 3 is 2.47 bits per heavy atom. The van der Waals surface area contributed by atoms with E-state index in [1.54, 1.807) is 0 Å². The standard InChI is InChI=1S/C13H22N2/c1-3-15(10-9-12(2)11-14)13-7-5-4-6-8-13/h4-8,12H,3,9-11,14H2,1-2H3. The van der Waals surface area contributed by atoms with Crippen LogP contribution in [0.1, 0.15) is 20.3 Å². The Morgan fingerprint density at radius 2 is 1.93 bits per heavy atom. The van der Waals surface area contributed by atoms with E-state index < -0.39 is 0 Å². The van der Waals surface area contributed by atoms with Gasteiger partial charge in [0, 0.05) is 18.8 Å². The van der Waals surface area contributed by atoms with Crippen molar-refractivity contribution in [1.82, 2.24) is 0 Å². The van der Waals surface area contributed by atoms with E-state index in [2.05, 4.69) is 49.1 Å². The van der Waals surface area contributed by atoms with E-state index in [4.69, 9.17) is 5.73 Å². The summed E-state index contributed by atoms with van der Waals surface area (Å²) >= 11 is 0. The van der Waals surface area contributed by atoms with Crippen LogP contribution in [-0.2, 0) is 0 Å². The molecule has 0 saturated heterocycles. The lowest BCUT2D eigenvalue weighted by molar-refractivity contribution is 0.539. The van der Waals surface area contributed by atoms with Crippen molar-refractivity contribution in [2.75, 3.05) is 24.5 Å². The molecule has 1 unspecified atom stereocenters. The maximum Gasteiger partial charge on any atom is 0.0366 e. The number of nitrogens with zero attached hydrogens (tertiary/aromatic N) is 1. The molecule has 1 rings (SSSR count). The molecule has 0 amide bonds. The van der Waals surface area contributed by atoms with Crippen LogP contribution >= 0.6 is 0 Å². The topological polar surface area (TPSA) is 29.3 Å². The zero-order valence-corrected chi connectivity index (χ0v) is 9.82. The number of hydrogen-bond acceptors (Lipinski definition) is 2. The first kappa shape index (κ1) is 12.1. The normalized spacial score (nSPS) is 12.5. The van der Waals surface area contributed by atoms with Crippen molar-refractivity contribution in [3.63, 3.8) is 0 Å². The fourth-order valence-corrected chi connectivity index (χ4v) is 1.60. The second kappa shape index (κ2) is 6.46. The van der Waals surface area contributed by atoms with Crippen LogP contribution in [0.5, 0.6) is 0 Å². The van der Waals surface area contributed by atoms with E-state index in [1.807, 2.05) is 0 Å². The lowest BCUT2D eigenvalue weighted by atomic mass is 10.1. The predicted octanol–water partition coefficient (Wildman–Crippen LogP) is 2.50. The Kier molecular flexibility index (Phi) is 5.19. The van der Waals surface area contributed by atoms with Crippen LogP contribution in [0.3, 0.4) is 0 Å². The van der Waals surface area contributed by atoms with Crippen LogP contribution in [0.4, 0.5) is 5.69 Å². The SMILES string of the molecule is CCN(CCC(C)CN)c1ccccc1. The first-order valence-corrected chi connectivity index (χ1v) is 5.78. The Hall–Kier alpha value is -1.02. The van der Waals surface area contributed by atoms with E-state index in [0.717, 1.165) is 19.6 Å². The molecular weight excluding hydrogens is 184 g/mol.